The number of nitrogens with two attached hydrogens (primary N) is 1. The first-order valence-electron chi connectivity index (χ1n) is 9.84. The number of aliphatic hydroxyl groups is 6. The van der Waals surface area contributed by atoms with Crippen molar-refractivity contribution in [1.82, 2.24) is 0 Å². The Hall–Kier alpha value is -2.89. The Bertz CT molecular complexity index is 884. The van der Waals surface area contributed by atoms with Crippen LogP contribution in [0.2, 0.25) is 0 Å². The quantitative estimate of drug-likeness (QED) is 0.140. The van der Waals surface area contributed by atoms with Crippen molar-refractivity contribution in [2.75, 3.05) is 11.9 Å². The maximum Gasteiger partial charge on any atom is 0.335 e. The predicted molar refractivity (Wildman–Crippen MR) is 108 cm³/mol. The number of nitrogens with one attached hydrogen (secondary N) is 1. The number of amides is 1. The van der Waals surface area contributed by atoms with Crippen LogP contribution in [0.15, 0.2) is 24.3 Å². The monoisotopic (exact) mass is 490 g/mol. The van der Waals surface area contributed by atoms with Gasteiger partial charge in [0.15, 0.2) is 18.5 Å². The van der Waals surface area contributed by atoms with Gasteiger partial charge in [0.1, 0.15) is 30.5 Å². The normalized spacial score (nSPS) is 28.4. The fourth-order valence-corrected chi connectivity index (χ4v) is 3.21. The lowest BCUT2D eigenvalue weighted by Crippen LogP contribution is -2.62. The highest BCUT2D eigenvalue weighted by atomic mass is 16.7. The van der Waals surface area contributed by atoms with E-state index in [1.54, 1.807) is 0 Å². The zero-order valence-electron chi connectivity index (χ0n) is 17.4. The van der Waals surface area contributed by atoms with Gasteiger partial charge in [0.25, 0.3) is 5.91 Å². The Balaban J connectivity index is 2.19. The van der Waals surface area contributed by atoms with E-state index in [2.05, 4.69) is 5.32 Å². The van der Waals surface area contributed by atoms with Gasteiger partial charge in [-0.15, -0.1) is 0 Å². The Morgan fingerprint density at radius 2 is 1.65 bits per heavy atom. The zero-order valence-corrected chi connectivity index (χ0v) is 17.4. The Morgan fingerprint density at radius 1 is 1.03 bits per heavy atom. The molecule has 0 spiro atoms. The van der Waals surface area contributed by atoms with E-state index in [0.717, 1.165) is 0 Å². The van der Waals surface area contributed by atoms with E-state index in [9.17, 15) is 45.0 Å². The van der Waals surface area contributed by atoms with E-state index < -0.39 is 79.5 Å². The van der Waals surface area contributed by atoms with Crippen molar-refractivity contribution in [3.63, 3.8) is 0 Å². The average Bonchev–Trinajstić information content (AvgIpc) is 2.79. The Morgan fingerprint density at radius 3 is 2.21 bits per heavy atom. The van der Waals surface area contributed by atoms with E-state index in [4.69, 9.17) is 25.4 Å². The third kappa shape index (κ3) is 6.16. The molecule has 15 heteroatoms. The van der Waals surface area contributed by atoms with Crippen LogP contribution in [0, 0.1) is 0 Å². The number of hydrogen-bond donors (Lipinski definition) is 10. The summed E-state index contributed by atoms with van der Waals surface area (Å²) in [4.78, 5) is 34.0. The van der Waals surface area contributed by atoms with E-state index in [-0.39, 0.29) is 11.3 Å². The molecule has 190 valence electrons. The minimum Gasteiger partial charge on any atom is -0.479 e. The lowest BCUT2D eigenvalue weighted by Gasteiger charge is -2.41. The van der Waals surface area contributed by atoms with Gasteiger partial charge in [0.05, 0.1) is 11.7 Å². The third-order valence-electron chi connectivity index (χ3n) is 5.09. The van der Waals surface area contributed by atoms with Crippen LogP contribution < -0.4 is 11.1 Å². The van der Waals surface area contributed by atoms with Gasteiger partial charge in [-0.2, -0.15) is 0 Å². The molecule has 1 amide bonds. The van der Waals surface area contributed by atoms with Gasteiger partial charge >= 0.3 is 11.9 Å². The second kappa shape index (κ2) is 11.5. The van der Waals surface area contributed by atoms with Gasteiger partial charge in [0, 0.05) is 12.2 Å². The maximum absolute atomic E-state index is 11.5. The van der Waals surface area contributed by atoms with Crippen LogP contribution in [-0.4, -0.2) is 120 Å². The molecule has 1 aromatic carbocycles. The first-order valence-corrected chi connectivity index (χ1v) is 9.84. The highest BCUT2D eigenvalue weighted by Crippen LogP contribution is 2.25. The van der Waals surface area contributed by atoms with E-state index in [1.165, 1.54) is 24.3 Å². The molecule has 9 atom stereocenters. The summed E-state index contributed by atoms with van der Waals surface area (Å²) in [5, 5.41) is 81.3. The van der Waals surface area contributed by atoms with Crippen molar-refractivity contribution in [2.45, 2.75) is 55.1 Å². The van der Waals surface area contributed by atoms with Gasteiger partial charge in [-0.1, -0.05) is 12.1 Å². The van der Waals surface area contributed by atoms with Crippen molar-refractivity contribution in [3.05, 3.63) is 29.8 Å². The fourth-order valence-electron chi connectivity index (χ4n) is 3.21. The summed E-state index contributed by atoms with van der Waals surface area (Å²) in [6.45, 7) is -0.509. The van der Waals surface area contributed by atoms with Crippen LogP contribution in [0.5, 0.6) is 0 Å². The summed E-state index contributed by atoms with van der Waals surface area (Å²) in [5.41, 5.74) is 5.47. The number of primary amides is 1. The lowest BCUT2D eigenvalue weighted by molar-refractivity contribution is -0.318. The molecular formula is C19H26N2O13. The van der Waals surface area contributed by atoms with Crippen LogP contribution >= 0.6 is 0 Å². The fraction of sp³-hybridized carbons (Fsp3) is 0.526. The van der Waals surface area contributed by atoms with Crippen molar-refractivity contribution < 1.29 is 64.7 Å². The van der Waals surface area contributed by atoms with E-state index >= 15 is 0 Å². The van der Waals surface area contributed by atoms with Crippen molar-refractivity contribution in [3.8, 4) is 0 Å². The summed E-state index contributed by atoms with van der Waals surface area (Å²) < 4.78 is 9.93. The van der Waals surface area contributed by atoms with Crippen LogP contribution in [0.1, 0.15) is 10.4 Å². The molecule has 0 saturated carbocycles. The Labute approximate surface area is 191 Å². The summed E-state index contributed by atoms with van der Waals surface area (Å²) in [6, 6.07) is 5.88. The number of carbonyl (C=O) groups is 3. The lowest BCUT2D eigenvalue weighted by atomic mass is 9.98. The number of anilines is 1. The molecule has 0 bridgehead atoms. The summed E-state index contributed by atoms with van der Waals surface area (Å²) in [5.74, 6) is -4.46. The number of benzene rings is 1. The van der Waals surface area contributed by atoms with Crippen LogP contribution in [0.4, 0.5) is 5.69 Å². The molecule has 15 nitrogen and oxygen atoms in total. The number of carbonyl (C=O) groups excluding carboxylic acids is 1. The van der Waals surface area contributed by atoms with Gasteiger partial charge < -0.3 is 61.4 Å². The molecule has 1 saturated heterocycles. The maximum atomic E-state index is 11.5. The number of aliphatic carboxylic acids is 2. The van der Waals surface area contributed by atoms with Gasteiger partial charge in [-0.05, 0) is 12.1 Å². The van der Waals surface area contributed by atoms with Gasteiger partial charge in [-0.3, -0.25) is 4.79 Å². The number of hydrogen-bond acceptors (Lipinski definition) is 12. The van der Waals surface area contributed by atoms with Crippen LogP contribution in [-0.2, 0) is 19.1 Å². The Kier molecular flexibility index (Phi) is 9.25. The van der Waals surface area contributed by atoms with E-state index in [0.29, 0.717) is 0 Å². The minimum atomic E-state index is -2.51. The first-order chi connectivity index (χ1) is 15.9. The summed E-state index contributed by atoms with van der Waals surface area (Å²) >= 11 is 0. The molecule has 34 heavy (non-hydrogen) atoms. The number of rotatable bonds is 11. The smallest absolute Gasteiger partial charge is 0.335 e. The molecule has 1 aromatic rings. The number of para-hydroxylation sites is 1. The minimum absolute atomic E-state index is 0.0496. The number of carboxylic acids is 2. The number of carboxylic acid groups (broad SMARTS) is 2. The zero-order chi connectivity index (χ0) is 25.7. The standard InChI is InChI=1S/C19H26N2O13/c20-16(28)6-3-1-2-4-7(6)21-5-8(22)9(23)14(13(27)17(29)30)33-19-12(26)10(24)11(25)15(34-19)18(31)32/h1-4,8-15,19,21-27H,5H2,(H2,20,28)(H,29,30)(H,31,32)/t8-,9+,10-,11+,12+,13-,14+,15-,19-/m0/s1. The molecular weight excluding hydrogens is 464 g/mol. The second-order valence-corrected chi connectivity index (χ2v) is 7.47. The second-order valence-electron chi connectivity index (χ2n) is 7.47. The number of aliphatic hydroxyl groups excluding tert-OH is 6. The largest absolute Gasteiger partial charge is 0.479 e. The van der Waals surface area contributed by atoms with Crippen LogP contribution in [0.25, 0.3) is 0 Å². The molecule has 0 aromatic heterocycles. The molecule has 1 aliphatic rings. The van der Waals surface area contributed by atoms with Gasteiger partial charge in [0.2, 0.25) is 0 Å². The molecule has 11 N–H and O–H groups in total. The summed E-state index contributed by atoms with van der Waals surface area (Å²) in [6.07, 6.45) is -19.3. The molecule has 1 aliphatic heterocycles. The van der Waals surface area contributed by atoms with Gasteiger partial charge in [-0.25, -0.2) is 9.59 Å². The highest BCUT2D eigenvalue weighted by molar-refractivity contribution is 5.98. The third-order valence-corrected chi connectivity index (χ3v) is 5.09. The van der Waals surface area contributed by atoms with Crippen LogP contribution in [0.3, 0.4) is 0 Å². The van der Waals surface area contributed by atoms with E-state index in [1.807, 2.05) is 0 Å². The molecule has 0 radical (unpaired) electrons. The molecule has 0 unspecified atom stereocenters. The number of ether oxygens (including phenoxy) is 2. The van der Waals surface area contributed by atoms with Crippen molar-refractivity contribution in [1.29, 1.82) is 0 Å². The van der Waals surface area contributed by atoms with Crippen molar-refractivity contribution >= 4 is 23.5 Å². The summed E-state index contributed by atoms with van der Waals surface area (Å²) in [7, 11) is 0. The average molecular weight is 490 g/mol. The molecule has 0 aliphatic carbocycles. The topological polar surface area (TPSA) is 270 Å². The van der Waals surface area contributed by atoms with Crippen molar-refractivity contribution in [2.24, 2.45) is 5.73 Å². The molecule has 1 heterocycles. The first kappa shape index (κ1) is 27.4. The molecule has 1 fully saturated rings. The SMILES string of the molecule is NC(=O)c1ccccc1NC[C@H](O)[C@@H](O)[C@@H](O[C@H]1O[C@H](C(=O)O)[C@H](O)[C@H](O)[C@H]1O)[C@H](O)C(=O)O. The predicted octanol–water partition coefficient (Wildman–Crippen LogP) is -4.36. The highest BCUT2D eigenvalue weighted by Gasteiger charge is 2.50. The molecule has 2 rings (SSSR count).